The molecule has 17 heavy (non-hydrogen) atoms. The monoisotopic (exact) mass is 234 g/mol. The van der Waals surface area contributed by atoms with Gasteiger partial charge in [-0.1, -0.05) is 6.42 Å². The maximum absolute atomic E-state index is 11.9. The van der Waals surface area contributed by atoms with E-state index in [1.54, 1.807) is 18.3 Å². The number of carbonyl (C=O) groups is 1. The van der Waals surface area contributed by atoms with Crippen LogP contribution in [0.1, 0.15) is 36.7 Å². The third-order valence-corrected chi connectivity index (χ3v) is 3.37. The van der Waals surface area contributed by atoms with Crippen LogP contribution in [0.3, 0.4) is 0 Å². The van der Waals surface area contributed by atoms with Gasteiger partial charge in [0, 0.05) is 12.2 Å². The first kappa shape index (κ1) is 11.9. The van der Waals surface area contributed by atoms with Gasteiger partial charge in [-0.15, -0.1) is 0 Å². The number of anilines is 1. The van der Waals surface area contributed by atoms with Gasteiger partial charge in [0.15, 0.2) is 0 Å². The molecular formula is C12H18N4O. The number of carbonyl (C=O) groups excluding carboxylic acids is 1. The highest BCUT2D eigenvalue weighted by Gasteiger charge is 2.25. The van der Waals surface area contributed by atoms with Gasteiger partial charge in [0.25, 0.3) is 5.91 Å². The standard InChI is InChI=1S/C12H18N4O/c1-8(9-3-2-4-9)15-12(17)11-7-10(16-13)5-6-14-11/h5-9H,2-4,13H2,1H3,(H,14,16)(H,15,17). The molecule has 5 heteroatoms. The summed E-state index contributed by atoms with van der Waals surface area (Å²) in [7, 11) is 0. The number of nitrogens with zero attached hydrogens (tertiary/aromatic N) is 1. The van der Waals surface area contributed by atoms with E-state index in [4.69, 9.17) is 5.84 Å². The first-order chi connectivity index (χ1) is 8.20. The maximum atomic E-state index is 11.9. The highest BCUT2D eigenvalue weighted by atomic mass is 16.1. The Labute approximate surface area is 101 Å². The Morgan fingerprint density at radius 2 is 2.35 bits per heavy atom. The Morgan fingerprint density at radius 3 is 2.94 bits per heavy atom. The first-order valence-corrected chi connectivity index (χ1v) is 5.94. The van der Waals surface area contributed by atoms with Gasteiger partial charge in [0.05, 0.1) is 5.69 Å². The second-order valence-electron chi connectivity index (χ2n) is 4.53. The van der Waals surface area contributed by atoms with Crippen molar-refractivity contribution in [2.75, 3.05) is 5.43 Å². The zero-order valence-electron chi connectivity index (χ0n) is 9.94. The predicted molar refractivity (Wildman–Crippen MR) is 66.3 cm³/mol. The summed E-state index contributed by atoms with van der Waals surface area (Å²) in [4.78, 5) is 16.0. The lowest BCUT2D eigenvalue weighted by Gasteiger charge is -2.31. The highest BCUT2D eigenvalue weighted by Crippen LogP contribution is 2.29. The molecule has 4 N–H and O–H groups in total. The van der Waals surface area contributed by atoms with Crippen molar-refractivity contribution in [3.63, 3.8) is 0 Å². The maximum Gasteiger partial charge on any atom is 0.270 e. The van der Waals surface area contributed by atoms with Crippen LogP contribution in [0.5, 0.6) is 0 Å². The molecule has 0 aliphatic heterocycles. The lowest BCUT2D eigenvalue weighted by atomic mass is 9.80. The Morgan fingerprint density at radius 1 is 1.59 bits per heavy atom. The normalized spacial score (nSPS) is 17.1. The topological polar surface area (TPSA) is 80.0 Å². The molecule has 1 saturated carbocycles. The molecular weight excluding hydrogens is 216 g/mol. The van der Waals surface area contributed by atoms with E-state index in [1.807, 2.05) is 6.92 Å². The molecule has 1 unspecified atom stereocenters. The molecule has 1 aliphatic carbocycles. The SMILES string of the molecule is CC(NC(=O)c1cc(NN)ccn1)C1CCC1. The van der Waals surface area contributed by atoms with E-state index in [2.05, 4.69) is 15.7 Å². The summed E-state index contributed by atoms with van der Waals surface area (Å²) in [6.07, 6.45) is 5.26. The lowest BCUT2D eigenvalue weighted by molar-refractivity contribution is 0.0904. The third-order valence-electron chi connectivity index (χ3n) is 3.37. The molecule has 1 amide bonds. The van der Waals surface area contributed by atoms with Crippen LogP contribution in [-0.2, 0) is 0 Å². The van der Waals surface area contributed by atoms with Crippen molar-refractivity contribution in [1.82, 2.24) is 10.3 Å². The molecule has 0 bridgehead atoms. The van der Waals surface area contributed by atoms with Crippen LogP contribution in [0.25, 0.3) is 0 Å². The van der Waals surface area contributed by atoms with E-state index < -0.39 is 0 Å². The minimum Gasteiger partial charge on any atom is -0.348 e. The van der Waals surface area contributed by atoms with Crippen LogP contribution in [0.2, 0.25) is 0 Å². The van der Waals surface area contributed by atoms with Gasteiger partial charge in [-0.25, -0.2) is 0 Å². The minimum atomic E-state index is -0.138. The molecule has 1 heterocycles. The Bertz CT molecular complexity index is 403. The zero-order valence-corrected chi connectivity index (χ0v) is 9.94. The summed E-state index contributed by atoms with van der Waals surface area (Å²) in [5, 5.41) is 2.98. The quantitative estimate of drug-likeness (QED) is 0.541. The van der Waals surface area contributed by atoms with E-state index >= 15 is 0 Å². The summed E-state index contributed by atoms with van der Waals surface area (Å²) in [6, 6.07) is 3.57. The number of nitrogens with two attached hydrogens (primary N) is 1. The fourth-order valence-corrected chi connectivity index (χ4v) is 1.98. The molecule has 2 rings (SSSR count). The highest BCUT2D eigenvalue weighted by molar-refractivity contribution is 5.93. The molecule has 1 aliphatic rings. The van der Waals surface area contributed by atoms with Crippen molar-refractivity contribution in [1.29, 1.82) is 0 Å². The number of rotatable bonds is 4. The second-order valence-corrected chi connectivity index (χ2v) is 4.53. The third kappa shape index (κ3) is 2.74. The van der Waals surface area contributed by atoms with Crippen LogP contribution in [0.4, 0.5) is 5.69 Å². The number of hydrazine groups is 1. The van der Waals surface area contributed by atoms with Gasteiger partial charge in [-0.3, -0.25) is 15.6 Å². The lowest BCUT2D eigenvalue weighted by Crippen LogP contribution is -2.41. The Kier molecular flexibility index (Phi) is 3.58. The molecule has 0 spiro atoms. The average molecular weight is 234 g/mol. The molecule has 5 nitrogen and oxygen atoms in total. The summed E-state index contributed by atoms with van der Waals surface area (Å²) in [5.41, 5.74) is 3.58. The van der Waals surface area contributed by atoms with Crippen molar-refractivity contribution >= 4 is 11.6 Å². The van der Waals surface area contributed by atoms with Crippen LogP contribution in [0, 0.1) is 5.92 Å². The molecule has 0 aromatic carbocycles. The van der Waals surface area contributed by atoms with Gasteiger partial charge in [-0.2, -0.15) is 0 Å². The molecule has 1 fully saturated rings. The molecule has 1 aromatic heterocycles. The number of pyridine rings is 1. The van der Waals surface area contributed by atoms with E-state index in [9.17, 15) is 4.79 Å². The van der Waals surface area contributed by atoms with Crippen LogP contribution in [-0.4, -0.2) is 16.9 Å². The fraction of sp³-hybridized carbons (Fsp3) is 0.500. The minimum absolute atomic E-state index is 0.138. The fourth-order valence-electron chi connectivity index (χ4n) is 1.98. The van der Waals surface area contributed by atoms with Crippen molar-refractivity contribution < 1.29 is 4.79 Å². The van der Waals surface area contributed by atoms with Crippen LogP contribution >= 0.6 is 0 Å². The smallest absolute Gasteiger partial charge is 0.270 e. The summed E-state index contributed by atoms with van der Waals surface area (Å²) in [5.74, 6) is 5.77. The first-order valence-electron chi connectivity index (χ1n) is 5.94. The van der Waals surface area contributed by atoms with Crippen LogP contribution < -0.4 is 16.6 Å². The average Bonchev–Trinajstić information content (AvgIpc) is 2.26. The van der Waals surface area contributed by atoms with Crippen molar-refractivity contribution in [3.8, 4) is 0 Å². The van der Waals surface area contributed by atoms with Gasteiger partial charge >= 0.3 is 0 Å². The number of nitrogens with one attached hydrogen (secondary N) is 2. The second kappa shape index (κ2) is 5.14. The molecule has 0 radical (unpaired) electrons. The Hall–Kier alpha value is -1.62. The summed E-state index contributed by atoms with van der Waals surface area (Å²) in [6.45, 7) is 2.05. The number of aromatic nitrogens is 1. The van der Waals surface area contributed by atoms with Crippen LogP contribution in [0.15, 0.2) is 18.3 Å². The Balaban J connectivity index is 1.98. The molecule has 1 atom stereocenters. The van der Waals surface area contributed by atoms with Crippen molar-refractivity contribution in [3.05, 3.63) is 24.0 Å². The van der Waals surface area contributed by atoms with Crippen molar-refractivity contribution in [2.24, 2.45) is 11.8 Å². The largest absolute Gasteiger partial charge is 0.348 e. The summed E-state index contributed by atoms with van der Waals surface area (Å²) >= 11 is 0. The number of amides is 1. The van der Waals surface area contributed by atoms with E-state index in [-0.39, 0.29) is 11.9 Å². The van der Waals surface area contributed by atoms with E-state index in [0.717, 1.165) is 0 Å². The van der Waals surface area contributed by atoms with Gasteiger partial charge in [-0.05, 0) is 37.8 Å². The molecule has 0 saturated heterocycles. The number of hydrogen-bond donors (Lipinski definition) is 3. The predicted octanol–water partition coefficient (Wildman–Crippen LogP) is 1.29. The van der Waals surface area contributed by atoms with Gasteiger partial charge in [0.2, 0.25) is 0 Å². The molecule has 92 valence electrons. The van der Waals surface area contributed by atoms with Crippen molar-refractivity contribution in [2.45, 2.75) is 32.2 Å². The number of hydrogen-bond acceptors (Lipinski definition) is 4. The van der Waals surface area contributed by atoms with E-state index in [1.165, 1.54) is 19.3 Å². The summed E-state index contributed by atoms with van der Waals surface area (Å²) < 4.78 is 0. The zero-order chi connectivity index (χ0) is 12.3. The number of nitrogen functional groups attached to an aromatic ring is 1. The molecule has 1 aromatic rings. The van der Waals surface area contributed by atoms with E-state index in [0.29, 0.717) is 17.3 Å². The van der Waals surface area contributed by atoms with Gasteiger partial charge in [0.1, 0.15) is 5.69 Å². The van der Waals surface area contributed by atoms with Gasteiger partial charge < -0.3 is 10.7 Å².